The minimum atomic E-state index is -0.297. The maximum atomic E-state index is 13.6. The fraction of sp³-hybridized carbons (Fsp3) is 0.292. The van der Waals surface area contributed by atoms with Crippen LogP contribution in [0.15, 0.2) is 67.4 Å². The normalized spacial score (nSPS) is 22.5. The van der Waals surface area contributed by atoms with E-state index in [1.54, 1.807) is 41.6 Å². The molecule has 3 atom stereocenters. The summed E-state index contributed by atoms with van der Waals surface area (Å²) in [6.07, 6.45) is 8.40. The molecule has 0 N–H and O–H groups in total. The molecule has 32 heavy (non-hydrogen) atoms. The molecule has 7 nitrogen and oxygen atoms in total. The first-order valence-corrected chi connectivity index (χ1v) is 10.6. The van der Waals surface area contributed by atoms with E-state index < -0.39 is 0 Å². The Hall–Kier alpha value is -3.68. The number of carbonyl (C=O) groups is 2. The van der Waals surface area contributed by atoms with Gasteiger partial charge in [-0.25, -0.2) is 9.37 Å². The lowest BCUT2D eigenvalue weighted by atomic mass is 9.81. The van der Waals surface area contributed by atoms with Crippen LogP contribution in [0.25, 0.3) is 0 Å². The third-order valence-corrected chi connectivity index (χ3v) is 6.47. The van der Waals surface area contributed by atoms with Gasteiger partial charge in [-0.3, -0.25) is 19.6 Å². The number of aromatic nitrogens is 3. The van der Waals surface area contributed by atoms with Crippen LogP contribution in [-0.4, -0.2) is 62.2 Å². The summed E-state index contributed by atoms with van der Waals surface area (Å²) in [4.78, 5) is 42.2. The van der Waals surface area contributed by atoms with Gasteiger partial charge in [-0.05, 0) is 36.2 Å². The van der Waals surface area contributed by atoms with Gasteiger partial charge in [0.1, 0.15) is 11.5 Å². The Labute approximate surface area is 184 Å². The van der Waals surface area contributed by atoms with Crippen LogP contribution in [0.5, 0.6) is 0 Å². The summed E-state index contributed by atoms with van der Waals surface area (Å²) in [5.41, 5.74) is 1.83. The van der Waals surface area contributed by atoms with Crippen LogP contribution < -0.4 is 0 Å². The predicted molar refractivity (Wildman–Crippen MR) is 114 cm³/mol. The van der Waals surface area contributed by atoms with E-state index in [0.29, 0.717) is 37.3 Å². The number of amides is 2. The average molecular weight is 431 g/mol. The molecule has 0 aliphatic carbocycles. The van der Waals surface area contributed by atoms with Crippen LogP contribution >= 0.6 is 0 Å². The summed E-state index contributed by atoms with van der Waals surface area (Å²) < 4.78 is 13.6. The van der Waals surface area contributed by atoms with E-state index in [0.717, 1.165) is 5.56 Å². The molecule has 0 unspecified atom stereocenters. The molecule has 2 aliphatic heterocycles. The minimum absolute atomic E-state index is 0.00122. The SMILES string of the molecule is O=C(c1cnccn1)N1CC[C@H]2[C@@H](C1)[C@H](c1ccc(F)cc1)CN2C(=O)c1cccnc1. The number of piperidine rings is 1. The Morgan fingerprint density at radius 2 is 1.75 bits per heavy atom. The van der Waals surface area contributed by atoms with Gasteiger partial charge in [-0.15, -0.1) is 0 Å². The van der Waals surface area contributed by atoms with Gasteiger partial charge in [-0.1, -0.05) is 12.1 Å². The molecule has 5 rings (SSSR count). The van der Waals surface area contributed by atoms with E-state index >= 15 is 0 Å². The largest absolute Gasteiger partial charge is 0.337 e. The third kappa shape index (κ3) is 3.72. The number of benzene rings is 1. The van der Waals surface area contributed by atoms with Crippen molar-refractivity contribution < 1.29 is 14.0 Å². The average Bonchev–Trinajstić information content (AvgIpc) is 3.23. The summed E-state index contributed by atoms with van der Waals surface area (Å²) in [6.45, 7) is 1.55. The number of fused-ring (bicyclic) bond motifs is 1. The molecule has 2 aromatic heterocycles. The Bertz CT molecular complexity index is 1110. The summed E-state index contributed by atoms with van der Waals surface area (Å²) >= 11 is 0. The second-order valence-corrected chi connectivity index (χ2v) is 8.22. The fourth-order valence-corrected chi connectivity index (χ4v) is 4.94. The van der Waals surface area contributed by atoms with Crippen LogP contribution in [0.4, 0.5) is 4.39 Å². The van der Waals surface area contributed by atoms with Crippen LogP contribution in [0.3, 0.4) is 0 Å². The first kappa shape index (κ1) is 20.2. The Morgan fingerprint density at radius 3 is 2.47 bits per heavy atom. The molecule has 2 aliphatic rings. The van der Waals surface area contributed by atoms with E-state index in [-0.39, 0.29) is 35.5 Å². The number of rotatable bonds is 3. The van der Waals surface area contributed by atoms with Gasteiger partial charge in [0, 0.05) is 62.3 Å². The highest BCUT2D eigenvalue weighted by Crippen LogP contribution is 2.42. The Balaban J connectivity index is 1.44. The van der Waals surface area contributed by atoms with Crippen molar-refractivity contribution in [2.75, 3.05) is 19.6 Å². The number of hydrogen-bond acceptors (Lipinski definition) is 5. The number of carbonyl (C=O) groups excluding carboxylic acids is 2. The maximum Gasteiger partial charge on any atom is 0.274 e. The molecule has 2 saturated heterocycles. The lowest BCUT2D eigenvalue weighted by molar-refractivity contribution is 0.0530. The van der Waals surface area contributed by atoms with Gasteiger partial charge in [-0.2, -0.15) is 0 Å². The quantitative estimate of drug-likeness (QED) is 0.637. The van der Waals surface area contributed by atoms with E-state index in [9.17, 15) is 14.0 Å². The van der Waals surface area contributed by atoms with Crippen molar-refractivity contribution in [1.29, 1.82) is 0 Å². The number of halogens is 1. The van der Waals surface area contributed by atoms with Crippen molar-refractivity contribution in [3.63, 3.8) is 0 Å². The topological polar surface area (TPSA) is 79.3 Å². The lowest BCUT2D eigenvalue weighted by Crippen LogP contribution is -2.49. The second kappa shape index (κ2) is 8.45. The molecular weight excluding hydrogens is 409 g/mol. The summed E-state index contributed by atoms with van der Waals surface area (Å²) in [6, 6.07) is 9.95. The minimum Gasteiger partial charge on any atom is -0.337 e. The first-order chi connectivity index (χ1) is 15.6. The molecule has 1 aromatic carbocycles. The molecule has 2 amide bonds. The van der Waals surface area contributed by atoms with Crippen molar-refractivity contribution in [1.82, 2.24) is 24.8 Å². The smallest absolute Gasteiger partial charge is 0.274 e. The Morgan fingerprint density at radius 1 is 0.938 bits per heavy atom. The van der Waals surface area contributed by atoms with Gasteiger partial charge in [0.05, 0.1) is 11.8 Å². The molecule has 0 saturated carbocycles. The number of likely N-dealkylation sites (tertiary alicyclic amines) is 2. The maximum absolute atomic E-state index is 13.6. The lowest BCUT2D eigenvalue weighted by Gasteiger charge is -2.38. The Kier molecular flexibility index (Phi) is 5.34. The predicted octanol–water partition coefficient (Wildman–Crippen LogP) is 2.78. The summed E-state index contributed by atoms with van der Waals surface area (Å²) in [7, 11) is 0. The zero-order valence-corrected chi connectivity index (χ0v) is 17.3. The highest BCUT2D eigenvalue weighted by Gasteiger charge is 2.48. The van der Waals surface area contributed by atoms with E-state index in [1.165, 1.54) is 30.7 Å². The molecule has 0 radical (unpaired) electrons. The number of hydrogen-bond donors (Lipinski definition) is 0. The fourth-order valence-electron chi connectivity index (χ4n) is 4.94. The van der Waals surface area contributed by atoms with Crippen LogP contribution in [0, 0.1) is 11.7 Å². The molecule has 3 aromatic rings. The second-order valence-electron chi connectivity index (χ2n) is 8.22. The first-order valence-electron chi connectivity index (χ1n) is 10.6. The van der Waals surface area contributed by atoms with Gasteiger partial charge in [0.2, 0.25) is 0 Å². The number of pyridine rings is 1. The van der Waals surface area contributed by atoms with Crippen molar-refractivity contribution in [3.8, 4) is 0 Å². The van der Waals surface area contributed by atoms with Crippen LogP contribution in [0.2, 0.25) is 0 Å². The van der Waals surface area contributed by atoms with Gasteiger partial charge in [0.15, 0.2) is 0 Å². The monoisotopic (exact) mass is 431 g/mol. The third-order valence-electron chi connectivity index (χ3n) is 6.47. The van der Waals surface area contributed by atoms with Crippen molar-refractivity contribution in [2.24, 2.45) is 5.92 Å². The molecule has 2 fully saturated rings. The van der Waals surface area contributed by atoms with Crippen molar-refractivity contribution >= 4 is 11.8 Å². The zero-order valence-electron chi connectivity index (χ0n) is 17.3. The summed E-state index contributed by atoms with van der Waals surface area (Å²) in [5.74, 6) is -0.485. The van der Waals surface area contributed by atoms with Gasteiger partial charge in [0.25, 0.3) is 11.8 Å². The molecule has 0 bridgehead atoms. The highest BCUT2D eigenvalue weighted by molar-refractivity contribution is 5.94. The number of nitrogens with zero attached hydrogens (tertiary/aromatic N) is 5. The van der Waals surface area contributed by atoms with E-state index in [2.05, 4.69) is 15.0 Å². The molecule has 162 valence electrons. The summed E-state index contributed by atoms with van der Waals surface area (Å²) in [5, 5.41) is 0. The highest BCUT2D eigenvalue weighted by atomic mass is 19.1. The molecule has 0 spiro atoms. The van der Waals surface area contributed by atoms with E-state index in [4.69, 9.17) is 0 Å². The van der Waals surface area contributed by atoms with Crippen molar-refractivity contribution in [2.45, 2.75) is 18.4 Å². The zero-order chi connectivity index (χ0) is 22.1. The van der Waals surface area contributed by atoms with Crippen LogP contribution in [-0.2, 0) is 0 Å². The van der Waals surface area contributed by atoms with Gasteiger partial charge >= 0.3 is 0 Å². The van der Waals surface area contributed by atoms with Crippen molar-refractivity contribution in [3.05, 3.63) is 90.0 Å². The van der Waals surface area contributed by atoms with Crippen LogP contribution in [0.1, 0.15) is 38.7 Å². The molecule has 4 heterocycles. The van der Waals surface area contributed by atoms with Gasteiger partial charge < -0.3 is 9.80 Å². The molecule has 8 heteroatoms. The van der Waals surface area contributed by atoms with E-state index in [1.807, 2.05) is 4.90 Å². The molecular formula is C24H22FN5O2. The standard InChI is InChI=1S/C24H22FN5O2/c25-18-5-3-16(4-6-18)19-15-30(23(31)17-2-1-8-26-12-17)22-7-11-29(14-20(19)22)24(32)21-13-27-9-10-28-21/h1-6,8-10,12-13,19-20,22H,7,11,14-15H2/t19-,20-,22-/m0/s1.